The fourth-order valence-electron chi connectivity index (χ4n) is 2.83. The summed E-state index contributed by atoms with van der Waals surface area (Å²) in [5.74, 6) is 0.222. The average Bonchev–Trinajstić information content (AvgIpc) is 3.13. The highest BCUT2D eigenvalue weighted by Gasteiger charge is 2.19. The summed E-state index contributed by atoms with van der Waals surface area (Å²) in [6.45, 7) is 0. The molecule has 0 aliphatic rings. The Kier molecular flexibility index (Phi) is 4.69. The summed E-state index contributed by atoms with van der Waals surface area (Å²) in [4.78, 5) is 3.78. The molecule has 3 N–H and O–H groups in total. The van der Waals surface area contributed by atoms with E-state index in [-0.39, 0.29) is 16.4 Å². The van der Waals surface area contributed by atoms with Crippen LogP contribution in [0.25, 0.3) is 22.5 Å². The van der Waals surface area contributed by atoms with Gasteiger partial charge in [0.25, 0.3) is 10.0 Å². The van der Waals surface area contributed by atoms with Crippen molar-refractivity contribution in [3.8, 4) is 34.0 Å². The van der Waals surface area contributed by atoms with Gasteiger partial charge < -0.3 is 10.2 Å². The van der Waals surface area contributed by atoms with Crippen molar-refractivity contribution in [3.05, 3.63) is 84.9 Å². The van der Waals surface area contributed by atoms with Crippen molar-refractivity contribution in [1.29, 1.82) is 0 Å². The largest absolute Gasteiger partial charge is 0.508 e. The van der Waals surface area contributed by atoms with Gasteiger partial charge in [-0.15, -0.1) is 0 Å². The molecule has 3 aromatic carbocycles. The zero-order chi connectivity index (χ0) is 20.4. The van der Waals surface area contributed by atoms with Gasteiger partial charge in [-0.05, 0) is 66.7 Å². The first-order valence-corrected chi connectivity index (χ1v) is 10.2. The predicted octanol–water partition coefficient (Wildman–Crippen LogP) is 3.56. The molecule has 1 aromatic heterocycles. The van der Waals surface area contributed by atoms with Crippen LogP contribution in [0.1, 0.15) is 0 Å². The maximum atomic E-state index is 12.8. The Balaban J connectivity index is 1.80. The molecule has 0 fully saturated rings. The van der Waals surface area contributed by atoms with E-state index < -0.39 is 10.0 Å². The van der Waals surface area contributed by atoms with Crippen LogP contribution in [0.3, 0.4) is 0 Å². The van der Waals surface area contributed by atoms with Gasteiger partial charge in [-0.2, -0.15) is 23.1 Å². The lowest BCUT2D eigenvalue weighted by molar-refractivity contribution is 0.475. The first kappa shape index (κ1) is 18.6. The van der Waals surface area contributed by atoms with E-state index >= 15 is 0 Å². The fraction of sp³-hybridized carbons (Fsp3) is 0. The van der Waals surface area contributed by atoms with Gasteiger partial charge >= 0.3 is 0 Å². The minimum atomic E-state index is -3.87. The van der Waals surface area contributed by atoms with E-state index in [1.54, 1.807) is 48.5 Å². The summed E-state index contributed by atoms with van der Waals surface area (Å²) in [5, 5.41) is 23.5. The fourth-order valence-corrected chi connectivity index (χ4v) is 3.82. The van der Waals surface area contributed by atoms with Gasteiger partial charge in [0.05, 0.1) is 16.3 Å². The van der Waals surface area contributed by atoms with Crippen molar-refractivity contribution in [2.75, 3.05) is 4.83 Å². The second-order valence-electron chi connectivity index (χ2n) is 6.33. The van der Waals surface area contributed by atoms with E-state index in [1.807, 2.05) is 0 Å². The minimum Gasteiger partial charge on any atom is -0.508 e. The number of phenols is 2. The Labute approximate surface area is 167 Å². The maximum absolute atomic E-state index is 12.8. The van der Waals surface area contributed by atoms with Crippen LogP contribution in [-0.4, -0.2) is 28.5 Å². The van der Waals surface area contributed by atoms with Crippen molar-refractivity contribution in [3.63, 3.8) is 0 Å². The summed E-state index contributed by atoms with van der Waals surface area (Å²) in [6.07, 6.45) is 0. The SMILES string of the molecule is O=S(=O)(Nn1nc(-c2ccc(O)cc2)cc1-c1ccc(O)cc1)c1ccccc1. The zero-order valence-electron chi connectivity index (χ0n) is 15.1. The number of hydrogen-bond donors (Lipinski definition) is 3. The topological polar surface area (TPSA) is 104 Å². The van der Waals surface area contributed by atoms with Crippen LogP contribution in [0.15, 0.2) is 89.8 Å². The van der Waals surface area contributed by atoms with Gasteiger partial charge in [0.15, 0.2) is 0 Å². The standard InChI is InChI=1S/C21H17N3O4S/c25-17-10-6-15(7-11-17)20-14-21(16-8-12-18(26)13-9-16)24(22-20)23-29(27,28)19-4-2-1-3-5-19/h1-14,23,25-26H. The zero-order valence-corrected chi connectivity index (χ0v) is 15.9. The normalized spacial score (nSPS) is 11.3. The third kappa shape index (κ3) is 3.92. The molecular formula is C21H17N3O4S. The lowest BCUT2D eigenvalue weighted by Crippen LogP contribution is -2.25. The monoisotopic (exact) mass is 407 g/mol. The van der Waals surface area contributed by atoms with Crippen molar-refractivity contribution in [1.82, 2.24) is 9.89 Å². The van der Waals surface area contributed by atoms with Gasteiger partial charge in [0, 0.05) is 11.1 Å². The van der Waals surface area contributed by atoms with E-state index in [9.17, 15) is 18.6 Å². The lowest BCUT2D eigenvalue weighted by Gasteiger charge is -2.11. The highest BCUT2D eigenvalue weighted by atomic mass is 32.2. The Morgan fingerprint density at radius 1 is 0.759 bits per heavy atom. The number of aromatic nitrogens is 2. The lowest BCUT2D eigenvalue weighted by atomic mass is 10.1. The number of nitrogens with zero attached hydrogens (tertiary/aromatic N) is 2. The minimum absolute atomic E-state index is 0.100. The van der Waals surface area contributed by atoms with Gasteiger partial charge in [0.2, 0.25) is 0 Å². The molecule has 0 atom stereocenters. The third-order valence-electron chi connectivity index (χ3n) is 4.30. The van der Waals surface area contributed by atoms with E-state index in [1.165, 1.54) is 41.2 Å². The molecule has 1 heterocycles. The molecule has 4 rings (SSSR count). The predicted molar refractivity (Wildman–Crippen MR) is 109 cm³/mol. The van der Waals surface area contributed by atoms with Crippen LogP contribution in [-0.2, 0) is 10.0 Å². The van der Waals surface area contributed by atoms with E-state index in [2.05, 4.69) is 9.93 Å². The molecule has 0 aliphatic heterocycles. The number of benzene rings is 3. The smallest absolute Gasteiger partial charge is 0.276 e. The molecule has 0 spiro atoms. The summed E-state index contributed by atoms with van der Waals surface area (Å²) >= 11 is 0. The van der Waals surface area contributed by atoms with E-state index in [4.69, 9.17) is 0 Å². The van der Waals surface area contributed by atoms with Gasteiger partial charge in [-0.3, -0.25) is 0 Å². The third-order valence-corrected chi connectivity index (χ3v) is 5.60. The number of phenolic OH excluding ortho intramolecular Hbond substituents is 2. The molecule has 0 radical (unpaired) electrons. The highest BCUT2D eigenvalue weighted by Crippen LogP contribution is 2.28. The first-order chi connectivity index (χ1) is 13.9. The molecule has 0 bridgehead atoms. The van der Waals surface area contributed by atoms with Crippen LogP contribution in [0.5, 0.6) is 11.5 Å². The molecule has 146 valence electrons. The van der Waals surface area contributed by atoms with Gasteiger partial charge in [-0.25, -0.2) is 0 Å². The molecule has 29 heavy (non-hydrogen) atoms. The highest BCUT2D eigenvalue weighted by molar-refractivity contribution is 7.92. The summed E-state index contributed by atoms with van der Waals surface area (Å²) in [7, 11) is -3.87. The second-order valence-corrected chi connectivity index (χ2v) is 7.99. The Hall–Kier alpha value is -3.78. The quantitative estimate of drug-likeness (QED) is 0.469. The molecule has 0 amide bonds. The van der Waals surface area contributed by atoms with E-state index in [0.717, 1.165) is 0 Å². The van der Waals surface area contributed by atoms with Crippen LogP contribution < -0.4 is 4.83 Å². The molecule has 0 unspecified atom stereocenters. The average molecular weight is 407 g/mol. The number of hydrogen-bond acceptors (Lipinski definition) is 5. The van der Waals surface area contributed by atoms with Crippen LogP contribution >= 0.6 is 0 Å². The molecule has 8 heteroatoms. The van der Waals surface area contributed by atoms with Crippen molar-refractivity contribution in [2.45, 2.75) is 4.90 Å². The number of aromatic hydroxyl groups is 2. The number of nitrogens with one attached hydrogen (secondary N) is 1. The van der Waals surface area contributed by atoms with Crippen LogP contribution in [0.4, 0.5) is 0 Å². The molecular weight excluding hydrogens is 390 g/mol. The Morgan fingerprint density at radius 3 is 1.90 bits per heavy atom. The number of rotatable bonds is 5. The van der Waals surface area contributed by atoms with Gasteiger partial charge in [0.1, 0.15) is 11.5 Å². The molecule has 0 saturated heterocycles. The molecule has 0 aliphatic carbocycles. The Bertz CT molecular complexity index is 1230. The van der Waals surface area contributed by atoms with Crippen LogP contribution in [0.2, 0.25) is 0 Å². The van der Waals surface area contributed by atoms with Crippen molar-refractivity contribution < 1.29 is 18.6 Å². The molecule has 0 saturated carbocycles. The number of sulfonamides is 1. The first-order valence-electron chi connectivity index (χ1n) is 8.69. The van der Waals surface area contributed by atoms with E-state index in [0.29, 0.717) is 22.5 Å². The molecule has 7 nitrogen and oxygen atoms in total. The van der Waals surface area contributed by atoms with Crippen molar-refractivity contribution >= 4 is 10.0 Å². The second kappa shape index (κ2) is 7.33. The summed E-state index contributed by atoms with van der Waals surface area (Å²) < 4.78 is 25.6. The maximum Gasteiger partial charge on any atom is 0.276 e. The molecule has 4 aromatic rings. The summed E-state index contributed by atoms with van der Waals surface area (Å²) in [5.41, 5.74) is 2.38. The van der Waals surface area contributed by atoms with Gasteiger partial charge in [-0.1, -0.05) is 18.2 Å². The van der Waals surface area contributed by atoms with Crippen molar-refractivity contribution in [2.24, 2.45) is 0 Å². The Morgan fingerprint density at radius 2 is 1.31 bits per heavy atom. The summed E-state index contributed by atoms with van der Waals surface area (Å²) in [6, 6.07) is 22.5. The van der Waals surface area contributed by atoms with Crippen LogP contribution in [0, 0.1) is 0 Å².